The Bertz CT molecular complexity index is 926. The first-order chi connectivity index (χ1) is 13.1. The minimum absolute atomic E-state index is 0.0212. The molecule has 27 heavy (non-hydrogen) atoms. The number of hydrogen-bond acceptors (Lipinski definition) is 4. The molecule has 1 amide bonds. The number of hydrogen-bond donors (Lipinski definition) is 0. The molecule has 0 radical (unpaired) electrons. The molecule has 2 aliphatic rings. The third-order valence-electron chi connectivity index (χ3n) is 5.44. The van der Waals surface area contributed by atoms with Crippen molar-refractivity contribution in [1.29, 1.82) is 0 Å². The summed E-state index contributed by atoms with van der Waals surface area (Å²) < 4.78 is 31.3. The number of fused-ring (bicyclic) bond motifs is 1. The van der Waals surface area contributed by atoms with E-state index in [-0.39, 0.29) is 18.2 Å². The first-order valence-corrected chi connectivity index (χ1v) is 11.0. The molecular weight excluding hydrogens is 362 g/mol. The molecule has 1 saturated heterocycles. The van der Waals surface area contributed by atoms with Gasteiger partial charge < -0.3 is 9.64 Å². The van der Waals surface area contributed by atoms with Crippen molar-refractivity contribution < 1.29 is 17.9 Å². The van der Waals surface area contributed by atoms with Gasteiger partial charge in [-0.1, -0.05) is 54.6 Å². The predicted octanol–water partition coefficient (Wildman–Crippen LogP) is 2.69. The Balaban J connectivity index is 1.56. The molecule has 2 aromatic carbocycles. The summed E-state index contributed by atoms with van der Waals surface area (Å²) in [6, 6.07) is 17.1. The van der Waals surface area contributed by atoms with E-state index < -0.39 is 21.2 Å². The van der Waals surface area contributed by atoms with Crippen molar-refractivity contribution in [1.82, 2.24) is 4.90 Å². The summed E-state index contributed by atoms with van der Waals surface area (Å²) in [4.78, 5) is 14.8. The number of ether oxygens (including phenoxy) is 1. The first-order valence-electron chi connectivity index (χ1n) is 9.31. The van der Waals surface area contributed by atoms with Crippen LogP contribution in [0.3, 0.4) is 0 Å². The van der Waals surface area contributed by atoms with Crippen LogP contribution < -0.4 is 0 Å². The molecule has 0 aromatic heterocycles. The van der Waals surface area contributed by atoms with Crippen molar-refractivity contribution in [3.05, 3.63) is 71.3 Å². The van der Waals surface area contributed by atoms with Gasteiger partial charge in [0.15, 0.2) is 15.9 Å². The zero-order valence-corrected chi connectivity index (χ0v) is 15.9. The Morgan fingerprint density at radius 1 is 1.00 bits per heavy atom. The summed E-state index contributed by atoms with van der Waals surface area (Å²) >= 11 is 0. The molecule has 4 rings (SSSR count). The summed E-state index contributed by atoms with van der Waals surface area (Å²) in [7, 11) is -3.31. The van der Waals surface area contributed by atoms with Crippen molar-refractivity contribution >= 4 is 15.7 Å². The number of rotatable bonds is 2. The van der Waals surface area contributed by atoms with Gasteiger partial charge in [0.25, 0.3) is 5.91 Å². The predicted molar refractivity (Wildman–Crippen MR) is 103 cm³/mol. The van der Waals surface area contributed by atoms with E-state index in [1.165, 1.54) is 0 Å². The van der Waals surface area contributed by atoms with Crippen LogP contribution in [0.4, 0.5) is 0 Å². The molecule has 5 nitrogen and oxygen atoms in total. The molecule has 0 bridgehead atoms. The smallest absolute Gasteiger partial charge is 0.256 e. The van der Waals surface area contributed by atoms with Gasteiger partial charge in [-0.2, -0.15) is 0 Å². The Morgan fingerprint density at radius 2 is 1.74 bits per heavy atom. The van der Waals surface area contributed by atoms with E-state index >= 15 is 0 Å². The topological polar surface area (TPSA) is 63.7 Å². The number of carbonyl (C=O) groups excluding carboxylic acids is 1. The molecule has 0 unspecified atom stereocenters. The maximum absolute atomic E-state index is 13.1. The Kier molecular flexibility index (Phi) is 5.02. The van der Waals surface area contributed by atoms with Gasteiger partial charge in [-0.3, -0.25) is 4.79 Å². The molecule has 0 N–H and O–H groups in total. The summed E-state index contributed by atoms with van der Waals surface area (Å²) in [5.74, 6) is -0.154. The molecule has 6 heteroatoms. The number of amides is 1. The molecule has 2 atom stereocenters. The second-order valence-electron chi connectivity index (χ2n) is 7.08. The van der Waals surface area contributed by atoms with Crippen LogP contribution in [0.15, 0.2) is 54.6 Å². The first kappa shape index (κ1) is 18.2. The summed E-state index contributed by atoms with van der Waals surface area (Å²) in [5.41, 5.74) is 2.83. The van der Waals surface area contributed by atoms with E-state index in [0.29, 0.717) is 19.6 Å². The molecule has 1 fully saturated rings. The normalized spacial score (nSPS) is 24.7. The molecule has 0 spiro atoms. The quantitative estimate of drug-likeness (QED) is 0.797. The average Bonchev–Trinajstić information content (AvgIpc) is 2.85. The highest BCUT2D eigenvalue weighted by atomic mass is 32.2. The van der Waals surface area contributed by atoms with E-state index in [4.69, 9.17) is 4.74 Å². The second-order valence-corrected chi connectivity index (χ2v) is 9.38. The number of benzene rings is 2. The van der Waals surface area contributed by atoms with E-state index in [9.17, 15) is 13.2 Å². The minimum atomic E-state index is -3.31. The molecular formula is C21H23NO4S. The van der Waals surface area contributed by atoms with E-state index in [1.54, 1.807) is 4.90 Å². The van der Waals surface area contributed by atoms with Gasteiger partial charge in [0, 0.05) is 13.1 Å². The highest BCUT2D eigenvalue weighted by Crippen LogP contribution is 2.32. The zero-order valence-electron chi connectivity index (χ0n) is 15.1. The van der Waals surface area contributed by atoms with Gasteiger partial charge in [-0.25, -0.2) is 8.42 Å². The van der Waals surface area contributed by atoms with Crippen molar-refractivity contribution in [2.75, 3.05) is 25.4 Å². The van der Waals surface area contributed by atoms with Crippen molar-refractivity contribution in [3.8, 4) is 0 Å². The number of sulfone groups is 1. The fourth-order valence-corrected chi connectivity index (χ4v) is 5.77. The van der Waals surface area contributed by atoms with Crippen molar-refractivity contribution in [3.63, 3.8) is 0 Å². The highest BCUT2D eigenvalue weighted by molar-refractivity contribution is 7.91. The van der Waals surface area contributed by atoms with Gasteiger partial charge in [0.1, 0.15) is 0 Å². The molecule has 0 saturated carbocycles. The van der Waals surface area contributed by atoms with Crippen LogP contribution in [-0.2, 0) is 25.8 Å². The van der Waals surface area contributed by atoms with Crippen molar-refractivity contribution in [2.24, 2.45) is 0 Å². The second kappa shape index (κ2) is 7.44. The zero-order chi connectivity index (χ0) is 18.9. The summed E-state index contributed by atoms with van der Waals surface area (Å²) in [5, 5.41) is -0.559. The third kappa shape index (κ3) is 3.64. The highest BCUT2D eigenvalue weighted by Gasteiger charge is 2.36. The largest absolute Gasteiger partial charge is 0.363 e. The third-order valence-corrected chi connectivity index (χ3v) is 7.57. The fourth-order valence-electron chi connectivity index (χ4n) is 3.97. The van der Waals surface area contributed by atoms with Crippen LogP contribution in [0.5, 0.6) is 0 Å². The van der Waals surface area contributed by atoms with Gasteiger partial charge in [-0.15, -0.1) is 0 Å². The minimum Gasteiger partial charge on any atom is -0.363 e. The molecule has 2 heterocycles. The summed E-state index contributed by atoms with van der Waals surface area (Å²) in [6.45, 7) is 1.14. The monoisotopic (exact) mass is 385 g/mol. The molecule has 2 aliphatic heterocycles. The standard InChI is InChI=1S/C21H23NO4S/c23-21(20-18-9-5-4-6-16(18)11-14-26-20)22-12-10-19(27(24,25)15-13-22)17-7-2-1-3-8-17/h1-9,19-20H,10-15H2/t19-,20+/m1/s1. The fraction of sp³-hybridized carbons (Fsp3) is 0.381. The van der Waals surface area contributed by atoms with E-state index in [1.807, 2.05) is 54.6 Å². The molecule has 0 aliphatic carbocycles. The van der Waals surface area contributed by atoms with E-state index in [2.05, 4.69) is 0 Å². The van der Waals surface area contributed by atoms with Crippen LogP contribution in [0.25, 0.3) is 0 Å². The lowest BCUT2D eigenvalue weighted by Gasteiger charge is -2.30. The van der Waals surface area contributed by atoms with Gasteiger partial charge in [0.05, 0.1) is 17.6 Å². The summed E-state index contributed by atoms with van der Waals surface area (Å²) in [6.07, 6.45) is 0.572. The maximum Gasteiger partial charge on any atom is 0.256 e. The lowest BCUT2D eigenvalue weighted by Crippen LogP contribution is -2.39. The molecule has 2 aromatic rings. The Hall–Kier alpha value is -2.18. The average molecular weight is 385 g/mol. The molecule has 142 valence electrons. The number of carbonyl (C=O) groups is 1. The van der Waals surface area contributed by atoms with Crippen LogP contribution >= 0.6 is 0 Å². The van der Waals surface area contributed by atoms with Crippen LogP contribution in [0.2, 0.25) is 0 Å². The Morgan fingerprint density at radius 3 is 2.56 bits per heavy atom. The van der Waals surface area contributed by atoms with Crippen molar-refractivity contribution in [2.45, 2.75) is 24.2 Å². The van der Waals surface area contributed by atoms with Gasteiger partial charge >= 0.3 is 0 Å². The van der Waals surface area contributed by atoms with Gasteiger partial charge in [-0.05, 0) is 29.5 Å². The van der Waals surface area contributed by atoms with Gasteiger partial charge in [0.2, 0.25) is 0 Å². The Labute approximate surface area is 159 Å². The van der Waals surface area contributed by atoms with Crippen LogP contribution in [0.1, 0.15) is 34.5 Å². The lowest BCUT2D eigenvalue weighted by atomic mass is 9.96. The number of nitrogens with zero attached hydrogens (tertiary/aromatic N) is 1. The SMILES string of the molecule is O=C([C@H]1OCCc2ccccc21)N1CC[C@H](c2ccccc2)S(=O)(=O)CC1. The van der Waals surface area contributed by atoms with Crippen LogP contribution in [-0.4, -0.2) is 44.7 Å². The maximum atomic E-state index is 13.1. The lowest BCUT2D eigenvalue weighted by molar-refractivity contribution is -0.144. The van der Waals surface area contributed by atoms with Crippen LogP contribution in [0, 0.1) is 0 Å². The van der Waals surface area contributed by atoms with E-state index in [0.717, 1.165) is 23.1 Å².